The fourth-order valence-electron chi connectivity index (χ4n) is 3.64. The molecule has 0 aliphatic carbocycles. The molecule has 1 aliphatic heterocycles. The molecule has 1 aromatic rings. The number of ether oxygens (including phenoxy) is 1. The fourth-order valence-corrected chi connectivity index (χ4v) is 5.00. The predicted octanol–water partition coefficient (Wildman–Crippen LogP) is 5.15. The lowest BCUT2D eigenvalue weighted by molar-refractivity contribution is -0.131. The molecular formula is C25H41NO5Si. The van der Waals surface area contributed by atoms with Crippen LogP contribution in [0, 0.1) is 5.92 Å². The van der Waals surface area contributed by atoms with Crippen LogP contribution < -0.4 is 0 Å². The summed E-state index contributed by atoms with van der Waals surface area (Å²) in [5, 5.41) is 10.7. The molecule has 0 spiro atoms. The Bertz CT molecular complexity index is 761. The van der Waals surface area contributed by atoms with Gasteiger partial charge in [0.05, 0.1) is 24.7 Å². The summed E-state index contributed by atoms with van der Waals surface area (Å²) >= 11 is 0. The number of hydrogen-bond donors (Lipinski definition) is 1. The van der Waals surface area contributed by atoms with Gasteiger partial charge in [0.25, 0.3) is 0 Å². The van der Waals surface area contributed by atoms with Crippen LogP contribution in [-0.4, -0.2) is 55.2 Å². The summed E-state index contributed by atoms with van der Waals surface area (Å²) in [4.78, 5) is 27.0. The maximum atomic E-state index is 13.3. The molecule has 2 rings (SSSR count). The zero-order valence-corrected chi connectivity index (χ0v) is 21.8. The zero-order valence-electron chi connectivity index (χ0n) is 20.8. The minimum atomic E-state index is -2.18. The third-order valence-corrected chi connectivity index (χ3v) is 11.6. The van der Waals surface area contributed by atoms with Crippen LogP contribution in [-0.2, 0) is 20.4 Å². The molecule has 0 saturated carbocycles. The zero-order chi connectivity index (χ0) is 24.1. The van der Waals surface area contributed by atoms with Crippen LogP contribution in [0.15, 0.2) is 30.3 Å². The Hall–Kier alpha value is -1.70. The Morgan fingerprint density at radius 1 is 1.28 bits per heavy atom. The predicted molar refractivity (Wildman–Crippen MR) is 129 cm³/mol. The highest BCUT2D eigenvalue weighted by molar-refractivity contribution is 6.74. The number of rotatable bonds is 10. The van der Waals surface area contributed by atoms with Gasteiger partial charge in [0.15, 0.2) is 8.32 Å². The smallest absolute Gasteiger partial charge is 0.416 e. The molecule has 1 fully saturated rings. The molecule has 1 saturated heterocycles. The van der Waals surface area contributed by atoms with Gasteiger partial charge >= 0.3 is 6.09 Å². The van der Waals surface area contributed by atoms with Crippen LogP contribution in [0.25, 0.3) is 0 Å². The molecule has 32 heavy (non-hydrogen) atoms. The largest absolute Gasteiger partial charge is 0.447 e. The summed E-state index contributed by atoms with van der Waals surface area (Å²) in [7, 11) is -2.18. The van der Waals surface area contributed by atoms with Crippen LogP contribution >= 0.6 is 0 Å². The summed E-state index contributed by atoms with van der Waals surface area (Å²) < 4.78 is 11.8. The molecule has 1 heterocycles. The number of carbonyl (C=O) groups is 2. The molecule has 180 valence electrons. The molecule has 1 N–H and O–H groups in total. The van der Waals surface area contributed by atoms with Gasteiger partial charge in [0.2, 0.25) is 5.91 Å². The highest BCUT2D eigenvalue weighted by atomic mass is 28.4. The Kier molecular flexibility index (Phi) is 9.08. The van der Waals surface area contributed by atoms with Gasteiger partial charge in [-0.3, -0.25) is 4.79 Å². The molecular weight excluding hydrogens is 422 g/mol. The van der Waals surface area contributed by atoms with Crippen LogP contribution in [0.4, 0.5) is 4.79 Å². The fraction of sp³-hybridized carbons (Fsp3) is 0.680. The number of cyclic esters (lactones) is 1. The average molecular weight is 464 g/mol. The number of benzene rings is 1. The van der Waals surface area contributed by atoms with Gasteiger partial charge in [-0.2, -0.15) is 0 Å². The van der Waals surface area contributed by atoms with E-state index >= 15 is 0 Å². The minimum absolute atomic E-state index is 0.0297. The van der Waals surface area contributed by atoms with Crippen molar-refractivity contribution >= 4 is 20.3 Å². The van der Waals surface area contributed by atoms with E-state index in [1.165, 1.54) is 4.90 Å². The number of aliphatic hydroxyl groups excluding tert-OH is 1. The Morgan fingerprint density at radius 2 is 1.91 bits per heavy atom. The molecule has 0 radical (unpaired) electrons. The van der Waals surface area contributed by atoms with Crippen molar-refractivity contribution in [3.8, 4) is 0 Å². The summed E-state index contributed by atoms with van der Waals surface area (Å²) in [5.74, 6) is -0.188. The van der Waals surface area contributed by atoms with Gasteiger partial charge in [-0.1, -0.05) is 71.4 Å². The summed E-state index contributed by atoms with van der Waals surface area (Å²) in [6, 6.07) is 9.46. The van der Waals surface area contributed by atoms with Crippen molar-refractivity contribution in [3.63, 3.8) is 0 Å². The first-order valence-corrected chi connectivity index (χ1v) is 14.6. The third kappa shape index (κ3) is 6.90. The van der Waals surface area contributed by atoms with Crippen molar-refractivity contribution in [1.29, 1.82) is 0 Å². The molecule has 4 atom stereocenters. The maximum Gasteiger partial charge on any atom is 0.416 e. The summed E-state index contributed by atoms with van der Waals surface area (Å²) in [6.45, 7) is 15.0. The van der Waals surface area contributed by atoms with Crippen molar-refractivity contribution in [1.82, 2.24) is 4.90 Å². The molecule has 7 heteroatoms. The lowest BCUT2D eigenvalue weighted by Gasteiger charge is -2.40. The second kappa shape index (κ2) is 10.9. The van der Waals surface area contributed by atoms with E-state index in [0.29, 0.717) is 12.8 Å². The van der Waals surface area contributed by atoms with Crippen LogP contribution in [0.1, 0.15) is 59.4 Å². The number of hydrogen-bond acceptors (Lipinski definition) is 5. The van der Waals surface area contributed by atoms with E-state index < -0.39 is 26.6 Å². The summed E-state index contributed by atoms with van der Waals surface area (Å²) in [5.41, 5.74) is 1.05. The SMILES string of the molecule is CC[C@H](C)[C@@H](O)C[C@@H](CC(=O)N1C(=O)OC[C@@H]1Cc1ccccc1)O[Si](C)(C)C(C)(C)C. The first kappa shape index (κ1) is 26.5. The first-order chi connectivity index (χ1) is 14.9. The van der Waals surface area contributed by atoms with Gasteiger partial charge in [0.1, 0.15) is 6.61 Å². The maximum absolute atomic E-state index is 13.3. The molecule has 0 aromatic heterocycles. The first-order valence-electron chi connectivity index (χ1n) is 11.7. The number of carbonyl (C=O) groups excluding carboxylic acids is 2. The second-order valence-electron chi connectivity index (χ2n) is 10.6. The highest BCUT2D eigenvalue weighted by Gasteiger charge is 2.42. The van der Waals surface area contributed by atoms with E-state index in [1.807, 2.05) is 44.2 Å². The van der Waals surface area contributed by atoms with E-state index in [4.69, 9.17) is 9.16 Å². The minimum Gasteiger partial charge on any atom is -0.447 e. The van der Waals surface area contributed by atoms with Crippen molar-refractivity contribution in [2.24, 2.45) is 5.92 Å². The van der Waals surface area contributed by atoms with Crippen LogP contribution in [0.2, 0.25) is 18.1 Å². The summed E-state index contributed by atoms with van der Waals surface area (Å²) in [6.07, 6.45) is 0.233. The molecule has 1 aliphatic rings. The van der Waals surface area contributed by atoms with E-state index in [-0.39, 0.29) is 35.9 Å². The quantitative estimate of drug-likeness (QED) is 0.485. The highest BCUT2D eigenvalue weighted by Crippen LogP contribution is 2.38. The molecule has 1 aromatic carbocycles. The third-order valence-electron chi connectivity index (χ3n) is 7.02. The molecule has 0 unspecified atom stereocenters. The number of nitrogens with zero attached hydrogens (tertiary/aromatic N) is 1. The van der Waals surface area contributed by atoms with Crippen molar-refractivity contribution < 1.29 is 23.9 Å². The standard InChI is InChI=1S/C25H41NO5Si/c1-8-18(2)22(27)15-21(31-32(6,7)25(3,4)5)16-23(28)26-20(17-30-24(26)29)14-19-12-10-9-11-13-19/h9-13,18,20-22,27H,8,14-17H2,1-7H3/t18-,20-,21-,22-/m0/s1. The Morgan fingerprint density at radius 3 is 2.47 bits per heavy atom. The normalized spacial score (nSPS) is 20.1. The second-order valence-corrected chi connectivity index (χ2v) is 15.3. The van der Waals surface area contributed by atoms with Gasteiger partial charge in [0, 0.05) is 0 Å². The van der Waals surface area contributed by atoms with Gasteiger partial charge in [-0.15, -0.1) is 0 Å². The number of amides is 2. The van der Waals surface area contributed by atoms with E-state index in [2.05, 4.69) is 33.9 Å². The number of aliphatic hydroxyl groups is 1. The van der Waals surface area contributed by atoms with Gasteiger partial charge < -0.3 is 14.3 Å². The van der Waals surface area contributed by atoms with Gasteiger partial charge in [-0.25, -0.2) is 9.69 Å². The lowest BCUT2D eigenvalue weighted by Crippen LogP contribution is -2.47. The average Bonchev–Trinajstić information content (AvgIpc) is 3.06. The van der Waals surface area contributed by atoms with Crippen LogP contribution in [0.3, 0.4) is 0 Å². The molecule has 2 amide bonds. The van der Waals surface area contributed by atoms with Crippen LogP contribution in [0.5, 0.6) is 0 Å². The number of imide groups is 1. The Labute approximate surface area is 194 Å². The van der Waals surface area contributed by atoms with Crippen molar-refractivity contribution in [3.05, 3.63) is 35.9 Å². The lowest BCUT2D eigenvalue weighted by atomic mass is 9.95. The van der Waals surface area contributed by atoms with E-state index in [0.717, 1.165) is 12.0 Å². The molecule has 6 nitrogen and oxygen atoms in total. The van der Waals surface area contributed by atoms with E-state index in [1.54, 1.807) is 0 Å². The topological polar surface area (TPSA) is 76.1 Å². The monoisotopic (exact) mass is 463 g/mol. The van der Waals surface area contributed by atoms with Crippen molar-refractivity contribution in [2.75, 3.05) is 6.61 Å². The van der Waals surface area contributed by atoms with Gasteiger partial charge in [-0.05, 0) is 42.5 Å². The Balaban J connectivity index is 2.18. The van der Waals surface area contributed by atoms with E-state index in [9.17, 15) is 14.7 Å². The molecule has 0 bridgehead atoms. The van der Waals surface area contributed by atoms with Crippen molar-refractivity contribution in [2.45, 2.75) is 96.7 Å².